The molecule has 0 aliphatic carbocycles. The second-order valence-corrected chi connectivity index (χ2v) is 7.17. The molecule has 3 rings (SSSR count). The third-order valence-electron chi connectivity index (χ3n) is 5.32. The first-order valence-electron chi connectivity index (χ1n) is 9.06. The van der Waals surface area contributed by atoms with Crippen LogP contribution in [0.3, 0.4) is 0 Å². The monoisotopic (exact) mass is 335 g/mol. The number of aryl methyl sites for hydroxylation is 1. The lowest BCUT2D eigenvalue weighted by Crippen LogP contribution is -2.50. The molecule has 1 aromatic rings. The van der Waals surface area contributed by atoms with E-state index in [0.29, 0.717) is 19.6 Å². The Bertz CT molecular complexity index is 553. The summed E-state index contributed by atoms with van der Waals surface area (Å²) >= 11 is 0. The van der Waals surface area contributed by atoms with E-state index in [1.165, 1.54) is 12.8 Å². The minimum absolute atomic E-state index is 0.0822. The number of nitrogens with zero attached hydrogens (tertiary/aromatic N) is 2. The molecule has 2 aliphatic heterocycles. The van der Waals surface area contributed by atoms with Crippen LogP contribution in [0.4, 0.5) is 4.79 Å². The van der Waals surface area contributed by atoms with E-state index in [1.807, 2.05) is 26.0 Å². The van der Waals surface area contributed by atoms with E-state index in [1.54, 1.807) is 4.90 Å². The van der Waals surface area contributed by atoms with E-state index in [2.05, 4.69) is 10.2 Å². The van der Waals surface area contributed by atoms with Gasteiger partial charge in [0, 0.05) is 19.6 Å². The molecule has 2 amide bonds. The summed E-state index contributed by atoms with van der Waals surface area (Å²) in [6.07, 6.45) is 2.81. The summed E-state index contributed by atoms with van der Waals surface area (Å²) in [7, 11) is 0. The summed E-state index contributed by atoms with van der Waals surface area (Å²) < 4.78 is 5.82. The number of rotatable bonds is 4. The topological polar surface area (TPSA) is 69.0 Å². The highest BCUT2D eigenvalue weighted by Gasteiger charge is 2.30. The molecule has 2 N–H and O–H groups in total. The predicted octanol–water partition coefficient (Wildman–Crippen LogP) is 2.14. The fourth-order valence-electron chi connectivity index (χ4n) is 3.62. The number of furan rings is 1. The first-order chi connectivity index (χ1) is 11.5. The van der Waals surface area contributed by atoms with E-state index in [-0.39, 0.29) is 18.0 Å². The van der Waals surface area contributed by atoms with Crippen LogP contribution in [-0.2, 0) is 0 Å². The van der Waals surface area contributed by atoms with Gasteiger partial charge in [-0.2, -0.15) is 0 Å². The average molecular weight is 335 g/mol. The van der Waals surface area contributed by atoms with E-state index in [9.17, 15) is 9.90 Å². The zero-order valence-corrected chi connectivity index (χ0v) is 14.7. The molecular formula is C18H29N3O3. The Kier molecular flexibility index (Phi) is 5.46. The number of carbonyl (C=O) groups is 1. The molecule has 2 fully saturated rings. The number of hydrogen-bond donors (Lipinski definition) is 2. The first-order valence-corrected chi connectivity index (χ1v) is 9.06. The summed E-state index contributed by atoms with van der Waals surface area (Å²) in [6.45, 7) is 7.72. The number of hydrogen-bond acceptors (Lipinski definition) is 4. The maximum Gasteiger partial charge on any atom is 0.317 e. The number of nitrogens with one attached hydrogen (secondary N) is 1. The molecule has 0 radical (unpaired) electrons. The van der Waals surface area contributed by atoms with Crippen molar-refractivity contribution in [2.24, 2.45) is 5.92 Å². The van der Waals surface area contributed by atoms with Gasteiger partial charge in [0.2, 0.25) is 0 Å². The lowest BCUT2D eigenvalue weighted by molar-refractivity contribution is 0.0431. The molecule has 3 atom stereocenters. The van der Waals surface area contributed by atoms with E-state index in [4.69, 9.17) is 4.42 Å². The number of aliphatic hydroxyl groups excluding tert-OH is 1. The normalized spacial score (nSPS) is 26.5. The van der Waals surface area contributed by atoms with Crippen molar-refractivity contribution in [1.29, 1.82) is 0 Å². The number of carbonyl (C=O) groups excluding carboxylic acids is 1. The molecule has 0 bridgehead atoms. The standard InChI is InChI=1S/C18H29N3O3/c1-13-7-10-21(12-16(13)22)18(23)19-11-15(20-8-3-4-9-20)17-6-5-14(2)24-17/h5-6,13,15-16,22H,3-4,7-12H2,1-2H3,(H,19,23). The van der Waals surface area contributed by atoms with Gasteiger partial charge in [-0.25, -0.2) is 4.79 Å². The van der Waals surface area contributed by atoms with Gasteiger partial charge < -0.3 is 19.7 Å². The second kappa shape index (κ2) is 7.57. The third-order valence-corrected chi connectivity index (χ3v) is 5.32. The minimum atomic E-state index is -0.424. The van der Waals surface area contributed by atoms with Crippen molar-refractivity contribution in [2.45, 2.75) is 45.3 Å². The number of aliphatic hydroxyl groups is 1. The Morgan fingerprint density at radius 3 is 2.75 bits per heavy atom. The minimum Gasteiger partial charge on any atom is -0.465 e. The summed E-state index contributed by atoms with van der Waals surface area (Å²) in [5.74, 6) is 2.08. The van der Waals surface area contributed by atoms with Gasteiger partial charge in [-0.05, 0) is 57.3 Å². The Hall–Kier alpha value is -1.53. The number of amides is 2. The molecule has 3 unspecified atom stereocenters. The van der Waals surface area contributed by atoms with Gasteiger partial charge in [0.25, 0.3) is 0 Å². The largest absolute Gasteiger partial charge is 0.465 e. The average Bonchev–Trinajstić information content (AvgIpc) is 3.22. The molecule has 3 heterocycles. The highest BCUT2D eigenvalue weighted by molar-refractivity contribution is 5.74. The predicted molar refractivity (Wildman–Crippen MR) is 91.8 cm³/mol. The van der Waals surface area contributed by atoms with Crippen molar-refractivity contribution >= 4 is 6.03 Å². The van der Waals surface area contributed by atoms with Gasteiger partial charge in [-0.15, -0.1) is 0 Å². The van der Waals surface area contributed by atoms with Crippen LogP contribution in [0.1, 0.15) is 43.7 Å². The number of β-amino-alcohol motifs (C(OH)–C–C–N with tert-alkyl or cyclic N) is 1. The van der Waals surface area contributed by atoms with Gasteiger partial charge in [-0.3, -0.25) is 4.90 Å². The highest BCUT2D eigenvalue weighted by atomic mass is 16.3. The Labute approximate surface area is 143 Å². The SMILES string of the molecule is Cc1ccc(C(CNC(=O)N2CCC(C)C(O)C2)N2CCCC2)o1. The second-order valence-electron chi connectivity index (χ2n) is 7.17. The maximum atomic E-state index is 12.5. The zero-order chi connectivity index (χ0) is 17.1. The van der Waals surface area contributed by atoms with Crippen LogP contribution in [-0.4, -0.2) is 59.8 Å². The molecule has 2 aliphatic rings. The smallest absolute Gasteiger partial charge is 0.317 e. The van der Waals surface area contributed by atoms with Gasteiger partial charge in [0.15, 0.2) is 0 Å². The fourth-order valence-corrected chi connectivity index (χ4v) is 3.62. The van der Waals surface area contributed by atoms with Crippen molar-refractivity contribution in [3.8, 4) is 0 Å². The van der Waals surface area contributed by atoms with Gasteiger partial charge >= 0.3 is 6.03 Å². The van der Waals surface area contributed by atoms with Gasteiger partial charge in [0.05, 0.1) is 12.1 Å². The number of urea groups is 1. The van der Waals surface area contributed by atoms with Crippen molar-refractivity contribution in [1.82, 2.24) is 15.1 Å². The Morgan fingerprint density at radius 1 is 1.38 bits per heavy atom. The number of likely N-dealkylation sites (tertiary alicyclic amines) is 2. The maximum absolute atomic E-state index is 12.5. The van der Waals surface area contributed by atoms with Gasteiger partial charge in [-0.1, -0.05) is 6.92 Å². The van der Waals surface area contributed by atoms with Crippen LogP contribution in [0.25, 0.3) is 0 Å². The van der Waals surface area contributed by atoms with Crippen molar-refractivity contribution < 1.29 is 14.3 Å². The molecule has 24 heavy (non-hydrogen) atoms. The Morgan fingerprint density at radius 2 is 2.12 bits per heavy atom. The molecule has 6 nitrogen and oxygen atoms in total. The summed E-state index contributed by atoms with van der Waals surface area (Å²) in [4.78, 5) is 16.6. The van der Waals surface area contributed by atoms with Crippen molar-refractivity contribution in [2.75, 3.05) is 32.7 Å². The molecule has 0 aromatic carbocycles. The molecule has 134 valence electrons. The first kappa shape index (κ1) is 17.3. The molecule has 0 saturated carbocycles. The van der Waals surface area contributed by atoms with Crippen LogP contribution in [0.5, 0.6) is 0 Å². The molecular weight excluding hydrogens is 306 g/mol. The number of piperidine rings is 1. The Balaban J connectivity index is 1.60. The molecule has 1 aromatic heterocycles. The lowest BCUT2D eigenvalue weighted by Gasteiger charge is -2.35. The fraction of sp³-hybridized carbons (Fsp3) is 0.722. The summed E-state index contributed by atoms with van der Waals surface area (Å²) in [6, 6.07) is 3.98. The highest BCUT2D eigenvalue weighted by Crippen LogP contribution is 2.26. The molecule has 2 saturated heterocycles. The summed E-state index contributed by atoms with van der Waals surface area (Å²) in [5, 5.41) is 13.0. The summed E-state index contributed by atoms with van der Waals surface area (Å²) in [5.41, 5.74) is 0. The molecule has 0 spiro atoms. The van der Waals surface area contributed by atoms with Crippen molar-refractivity contribution in [3.63, 3.8) is 0 Å². The van der Waals surface area contributed by atoms with E-state index >= 15 is 0 Å². The van der Waals surface area contributed by atoms with Crippen LogP contribution >= 0.6 is 0 Å². The van der Waals surface area contributed by atoms with E-state index < -0.39 is 6.10 Å². The van der Waals surface area contributed by atoms with Crippen LogP contribution in [0.15, 0.2) is 16.5 Å². The van der Waals surface area contributed by atoms with Crippen LogP contribution in [0, 0.1) is 12.8 Å². The van der Waals surface area contributed by atoms with Crippen LogP contribution in [0.2, 0.25) is 0 Å². The third kappa shape index (κ3) is 3.92. The zero-order valence-electron chi connectivity index (χ0n) is 14.7. The lowest BCUT2D eigenvalue weighted by atomic mass is 9.96. The van der Waals surface area contributed by atoms with Crippen molar-refractivity contribution in [3.05, 3.63) is 23.7 Å². The molecule has 6 heteroatoms. The quantitative estimate of drug-likeness (QED) is 0.884. The van der Waals surface area contributed by atoms with Gasteiger partial charge in [0.1, 0.15) is 11.5 Å². The van der Waals surface area contributed by atoms with Crippen LogP contribution < -0.4 is 5.32 Å². The van der Waals surface area contributed by atoms with E-state index in [0.717, 1.165) is 31.0 Å².